The van der Waals surface area contributed by atoms with Crippen LogP contribution in [-0.2, 0) is 14.0 Å². The summed E-state index contributed by atoms with van der Waals surface area (Å²) in [7, 11) is 0.752. The average Bonchev–Trinajstić information content (AvgIpc) is 2.15. The van der Waals surface area contributed by atoms with Crippen molar-refractivity contribution in [3.05, 3.63) is 35.4 Å². The van der Waals surface area contributed by atoms with E-state index in [0.717, 1.165) is 18.2 Å². The van der Waals surface area contributed by atoms with E-state index >= 15 is 0 Å². The molecule has 0 bridgehead atoms. The molecule has 0 radical (unpaired) electrons. The van der Waals surface area contributed by atoms with Gasteiger partial charge in [-0.25, -0.2) is 13.1 Å². The van der Waals surface area contributed by atoms with Gasteiger partial charge in [-0.1, -0.05) is 0 Å². The second-order valence-electron chi connectivity index (χ2n) is 3.52. The Morgan fingerprint density at radius 3 is 2.53 bits per heavy atom. The molecule has 1 saturated heterocycles. The predicted molar refractivity (Wildman–Crippen MR) is 55.3 cm³/mol. The Labute approximate surface area is 100 Å². The predicted octanol–water partition coefficient (Wildman–Crippen LogP) is 1.72. The van der Waals surface area contributed by atoms with E-state index in [0.29, 0.717) is 4.31 Å². The fourth-order valence-electron chi connectivity index (χ4n) is 1.68. The Kier molecular flexibility index (Phi) is 2.82. The Hall–Kier alpha value is -1.21. The summed E-state index contributed by atoms with van der Waals surface area (Å²) in [5, 5.41) is 0. The van der Waals surface area contributed by atoms with Crippen LogP contribution < -0.4 is 0 Å². The van der Waals surface area contributed by atoms with Crippen LogP contribution in [0, 0.1) is 11.6 Å². The van der Waals surface area contributed by atoms with Crippen molar-refractivity contribution in [3.8, 4) is 0 Å². The molecule has 8 heteroatoms. The molecule has 1 atom stereocenters. The molecule has 0 saturated carbocycles. The smallest absolute Gasteiger partial charge is 0.274 e. The van der Waals surface area contributed by atoms with Gasteiger partial charge in [-0.15, -0.1) is 0 Å². The standard InChI is InChI=1S/C9H6ClF2NO3S/c10-17(15,16)13-8(4-9(13)14)6-3-5(11)1-2-7(6)12/h1-3,8H,4H2. The lowest BCUT2D eigenvalue weighted by molar-refractivity contribution is -0.137. The summed E-state index contributed by atoms with van der Waals surface area (Å²) in [6.07, 6.45) is -0.216. The number of hydrogen-bond acceptors (Lipinski definition) is 3. The van der Waals surface area contributed by atoms with E-state index in [1.54, 1.807) is 0 Å². The fourth-order valence-corrected chi connectivity index (χ4v) is 3.01. The number of amides is 1. The molecule has 4 nitrogen and oxygen atoms in total. The first-order valence-electron chi connectivity index (χ1n) is 4.52. The topological polar surface area (TPSA) is 54.5 Å². The molecule has 1 aromatic carbocycles. The third-order valence-electron chi connectivity index (χ3n) is 2.45. The number of halogens is 3. The zero-order valence-electron chi connectivity index (χ0n) is 8.23. The van der Waals surface area contributed by atoms with E-state index in [1.807, 2.05) is 0 Å². The lowest BCUT2D eigenvalue weighted by atomic mass is 9.96. The van der Waals surface area contributed by atoms with Gasteiger partial charge in [-0.3, -0.25) is 4.79 Å². The number of carbonyl (C=O) groups excluding carboxylic acids is 1. The van der Waals surface area contributed by atoms with Crippen molar-refractivity contribution in [1.29, 1.82) is 0 Å². The van der Waals surface area contributed by atoms with E-state index in [4.69, 9.17) is 10.7 Å². The van der Waals surface area contributed by atoms with Crippen LogP contribution in [0.1, 0.15) is 18.0 Å². The molecule has 0 aromatic heterocycles. The summed E-state index contributed by atoms with van der Waals surface area (Å²) in [5.41, 5.74) is -0.200. The third-order valence-corrected chi connectivity index (χ3v) is 3.82. The van der Waals surface area contributed by atoms with Crippen LogP contribution in [0.25, 0.3) is 0 Å². The number of rotatable bonds is 2. The first kappa shape index (κ1) is 12.3. The summed E-state index contributed by atoms with van der Waals surface area (Å²) < 4.78 is 48.8. The van der Waals surface area contributed by atoms with Gasteiger partial charge in [0, 0.05) is 16.2 Å². The molecule has 1 heterocycles. The summed E-state index contributed by atoms with van der Waals surface area (Å²) in [6, 6.07) is 1.55. The maximum Gasteiger partial charge on any atom is 0.324 e. The van der Waals surface area contributed by atoms with E-state index < -0.39 is 32.8 Å². The molecule has 17 heavy (non-hydrogen) atoms. The molecule has 0 spiro atoms. The average molecular weight is 282 g/mol. The number of hydrogen-bond donors (Lipinski definition) is 0. The Bertz CT molecular complexity index is 590. The third kappa shape index (κ3) is 2.12. The molecule has 2 rings (SSSR count). The first-order chi connectivity index (χ1) is 7.80. The largest absolute Gasteiger partial charge is 0.324 e. The van der Waals surface area contributed by atoms with Crippen LogP contribution in [-0.4, -0.2) is 18.6 Å². The van der Waals surface area contributed by atoms with Gasteiger partial charge >= 0.3 is 9.24 Å². The van der Waals surface area contributed by atoms with Gasteiger partial charge < -0.3 is 0 Å². The van der Waals surface area contributed by atoms with Crippen LogP contribution in [0.3, 0.4) is 0 Å². The summed E-state index contributed by atoms with van der Waals surface area (Å²) in [5.74, 6) is -2.24. The van der Waals surface area contributed by atoms with Gasteiger partial charge in [0.25, 0.3) is 0 Å². The van der Waals surface area contributed by atoms with Crippen molar-refractivity contribution in [2.45, 2.75) is 12.5 Å². The van der Waals surface area contributed by atoms with E-state index in [-0.39, 0.29) is 12.0 Å². The van der Waals surface area contributed by atoms with Crippen LogP contribution in [0.15, 0.2) is 18.2 Å². The molecular weight excluding hydrogens is 276 g/mol. The highest BCUT2D eigenvalue weighted by molar-refractivity contribution is 8.12. The summed E-state index contributed by atoms with van der Waals surface area (Å²) >= 11 is 0. The highest BCUT2D eigenvalue weighted by Crippen LogP contribution is 2.39. The molecule has 0 aliphatic carbocycles. The van der Waals surface area contributed by atoms with Gasteiger partial charge in [-0.2, -0.15) is 8.42 Å². The second kappa shape index (κ2) is 3.92. The maximum absolute atomic E-state index is 13.4. The molecule has 0 N–H and O–H groups in total. The van der Waals surface area contributed by atoms with Crippen molar-refractivity contribution in [2.24, 2.45) is 0 Å². The molecule has 1 aliphatic rings. The molecular formula is C9H6ClF2NO3S. The molecule has 1 fully saturated rings. The van der Waals surface area contributed by atoms with Gasteiger partial charge in [-0.05, 0) is 18.2 Å². The van der Waals surface area contributed by atoms with Crippen molar-refractivity contribution in [2.75, 3.05) is 0 Å². The highest BCUT2D eigenvalue weighted by atomic mass is 35.7. The van der Waals surface area contributed by atoms with Crippen molar-refractivity contribution < 1.29 is 22.0 Å². The molecule has 92 valence electrons. The Balaban J connectivity index is 2.42. The monoisotopic (exact) mass is 281 g/mol. The zero-order valence-corrected chi connectivity index (χ0v) is 9.80. The number of β-lactam (4-membered cyclic amide) rings is 1. The molecule has 1 aliphatic heterocycles. The number of benzene rings is 1. The molecule has 1 aromatic rings. The lowest BCUT2D eigenvalue weighted by Gasteiger charge is -2.37. The fraction of sp³-hybridized carbons (Fsp3) is 0.222. The van der Waals surface area contributed by atoms with Crippen molar-refractivity contribution in [1.82, 2.24) is 4.31 Å². The van der Waals surface area contributed by atoms with Crippen molar-refractivity contribution >= 4 is 25.8 Å². The van der Waals surface area contributed by atoms with E-state index in [9.17, 15) is 22.0 Å². The van der Waals surface area contributed by atoms with Crippen molar-refractivity contribution in [3.63, 3.8) is 0 Å². The molecule has 1 unspecified atom stereocenters. The quantitative estimate of drug-likeness (QED) is 0.613. The van der Waals surface area contributed by atoms with E-state index in [1.165, 1.54) is 0 Å². The SMILES string of the molecule is O=C1CC(c2cc(F)ccc2F)N1S(=O)(=O)Cl. The first-order valence-corrected chi connectivity index (χ1v) is 6.79. The van der Waals surface area contributed by atoms with Crippen LogP contribution in [0.4, 0.5) is 8.78 Å². The van der Waals surface area contributed by atoms with Gasteiger partial charge in [0.1, 0.15) is 11.6 Å². The second-order valence-corrected chi connectivity index (χ2v) is 5.90. The van der Waals surface area contributed by atoms with E-state index in [2.05, 4.69) is 0 Å². The van der Waals surface area contributed by atoms with Gasteiger partial charge in [0.15, 0.2) is 0 Å². The van der Waals surface area contributed by atoms with Crippen LogP contribution >= 0.6 is 10.7 Å². The Morgan fingerprint density at radius 2 is 2.00 bits per heavy atom. The van der Waals surface area contributed by atoms with Crippen LogP contribution in [0.2, 0.25) is 0 Å². The minimum absolute atomic E-state index is 0.200. The number of carbonyl (C=O) groups is 1. The Morgan fingerprint density at radius 1 is 1.35 bits per heavy atom. The summed E-state index contributed by atoms with van der Waals surface area (Å²) in [6.45, 7) is 0. The lowest BCUT2D eigenvalue weighted by Crippen LogP contribution is -2.48. The molecule has 1 amide bonds. The summed E-state index contributed by atoms with van der Waals surface area (Å²) in [4.78, 5) is 11.1. The van der Waals surface area contributed by atoms with Gasteiger partial charge in [0.05, 0.1) is 12.5 Å². The van der Waals surface area contributed by atoms with Crippen LogP contribution in [0.5, 0.6) is 0 Å². The zero-order chi connectivity index (χ0) is 12.8. The number of nitrogens with zero attached hydrogens (tertiary/aromatic N) is 1. The normalized spacial score (nSPS) is 20.3. The highest BCUT2D eigenvalue weighted by Gasteiger charge is 2.45. The minimum atomic E-state index is -4.28. The minimum Gasteiger partial charge on any atom is -0.274 e. The van der Waals surface area contributed by atoms with Gasteiger partial charge in [0.2, 0.25) is 5.91 Å². The maximum atomic E-state index is 13.4.